The number of epoxide rings is 1. The smallest absolute Gasteiger partial charge is 0.330 e. The van der Waals surface area contributed by atoms with Gasteiger partial charge in [0.2, 0.25) is 0 Å². The highest BCUT2D eigenvalue weighted by atomic mass is 16.7. The second kappa shape index (κ2) is 16.6. The topological polar surface area (TPSA) is 231 Å². The maximum absolute atomic E-state index is 12.3. The first-order chi connectivity index (χ1) is 22.3. The van der Waals surface area contributed by atoms with Gasteiger partial charge in [0.05, 0.1) is 48.8 Å². The first-order valence-corrected chi connectivity index (χ1v) is 15.9. The second-order valence-electron chi connectivity index (χ2n) is 12.6. The van der Waals surface area contributed by atoms with Crippen LogP contribution in [0.3, 0.4) is 0 Å². The monoisotopic (exact) mass is 665 g/mol. The number of aliphatic hydroxyl groups excluding tert-OH is 4. The summed E-state index contributed by atoms with van der Waals surface area (Å²) in [5, 5.41) is 63.9. The molecule has 4 heterocycles. The number of rotatable bonds is 3. The van der Waals surface area contributed by atoms with Crippen LogP contribution in [-0.4, -0.2) is 122 Å². The molecule has 14 atom stereocenters. The van der Waals surface area contributed by atoms with E-state index in [4.69, 9.17) is 29.4 Å². The highest BCUT2D eigenvalue weighted by Crippen LogP contribution is 2.39. The van der Waals surface area contributed by atoms with Crippen molar-refractivity contribution in [3.63, 3.8) is 0 Å². The van der Waals surface area contributed by atoms with Crippen LogP contribution in [0.25, 0.3) is 0 Å². The molecule has 2 bridgehead atoms. The zero-order valence-electron chi connectivity index (χ0n) is 26.4. The van der Waals surface area contributed by atoms with Gasteiger partial charge in [0, 0.05) is 38.2 Å². The van der Waals surface area contributed by atoms with Crippen molar-refractivity contribution in [3.05, 3.63) is 60.8 Å². The summed E-state index contributed by atoms with van der Waals surface area (Å²) in [6, 6.07) is -1.08. The molecule has 0 radical (unpaired) electrons. The van der Waals surface area contributed by atoms with Crippen LogP contribution in [-0.2, 0) is 33.3 Å². The van der Waals surface area contributed by atoms with E-state index < -0.39 is 97.3 Å². The summed E-state index contributed by atoms with van der Waals surface area (Å²) >= 11 is 0. The molecule has 3 fully saturated rings. The van der Waals surface area contributed by atoms with Crippen molar-refractivity contribution in [1.82, 2.24) is 0 Å². The number of carboxylic acids is 1. The fourth-order valence-electron chi connectivity index (χ4n) is 6.00. The lowest BCUT2D eigenvalue weighted by molar-refractivity contribution is -0.308. The second-order valence-corrected chi connectivity index (χ2v) is 12.6. The zero-order valence-corrected chi connectivity index (χ0v) is 26.4. The third-order valence-electron chi connectivity index (χ3n) is 8.58. The Labute approximate surface area is 273 Å². The van der Waals surface area contributed by atoms with E-state index in [1.54, 1.807) is 56.4 Å². The van der Waals surface area contributed by atoms with E-state index in [-0.39, 0.29) is 25.4 Å². The SMILES string of the molecule is CC1C/C=C/C=C/C=C/C=CC(OC2OC(C)C(O)C(N)C2O)CC2OC(O)(CC(O)CC3OC3/C=C/C(=O)O1)CC(O)C2C(=O)O. The van der Waals surface area contributed by atoms with Crippen molar-refractivity contribution in [2.75, 3.05) is 0 Å². The standard InChI is InChI=1S/C33H47NO13/c1-18-10-8-6-4-3-5-7-9-11-21(45-32-30(39)28(34)29(38)19(2)44-32)15-25-27(31(40)41)22(36)17-33(42,47-25)16-20(35)14-24-23(46-24)12-13-26(37)43-18/h3-9,11-13,18-25,27-30,32,35-36,38-39,42H,10,14-17,34H2,1-2H3,(H,40,41)/b4-3+,7-5+,8-6+,11-9?,13-12+. The van der Waals surface area contributed by atoms with E-state index in [2.05, 4.69) is 0 Å². The number of esters is 1. The summed E-state index contributed by atoms with van der Waals surface area (Å²) in [5.41, 5.74) is 5.98. The molecule has 4 rings (SSSR count). The molecular weight excluding hydrogens is 618 g/mol. The summed E-state index contributed by atoms with van der Waals surface area (Å²) < 4.78 is 28.5. The van der Waals surface area contributed by atoms with Crippen LogP contribution in [0.1, 0.15) is 46.0 Å². The van der Waals surface area contributed by atoms with Gasteiger partial charge < -0.3 is 60.1 Å². The van der Waals surface area contributed by atoms with E-state index in [1.165, 1.54) is 12.2 Å². The van der Waals surface area contributed by atoms with Crippen LogP contribution in [0.4, 0.5) is 0 Å². The normalized spacial score (nSPS) is 46.6. The van der Waals surface area contributed by atoms with Crippen LogP contribution in [0.5, 0.6) is 0 Å². The number of cyclic esters (lactones) is 1. The number of hydrogen-bond donors (Lipinski definition) is 7. The van der Waals surface area contributed by atoms with Gasteiger partial charge in [0.1, 0.15) is 24.2 Å². The van der Waals surface area contributed by atoms with E-state index >= 15 is 0 Å². The van der Waals surface area contributed by atoms with Gasteiger partial charge in [-0.1, -0.05) is 48.6 Å². The molecule has 4 aliphatic rings. The van der Waals surface area contributed by atoms with E-state index in [9.17, 15) is 40.2 Å². The van der Waals surface area contributed by atoms with Gasteiger partial charge in [-0.25, -0.2) is 4.79 Å². The van der Waals surface area contributed by atoms with Gasteiger partial charge in [-0.15, -0.1) is 0 Å². The Morgan fingerprint density at radius 3 is 2.36 bits per heavy atom. The number of carbonyl (C=O) groups excluding carboxylic acids is 1. The van der Waals surface area contributed by atoms with Crippen molar-refractivity contribution in [2.24, 2.45) is 11.7 Å². The predicted octanol–water partition coefficient (Wildman–Crippen LogP) is 0.120. The summed E-state index contributed by atoms with van der Waals surface area (Å²) in [4.78, 5) is 24.4. The molecule has 14 nitrogen and oxygen atoms in total. The van der Waals surface area contributed by atoms with Gasteiger partial charge in [0.15, 0.2) is 12.1 Å². The molecule has 0 aromatic rings. The molecule has 3 saturated heterocycles. The van der Waals surface area contributed by atoms with Crippen LogP contribution < -0.4 is 5.73 Å². The molecule has 262 valence electrons. The van der Waals surface area contributed by atoms with Gasteiger partial charge in [0.25, 0.3) is 0 Å². The first-order valence-electron chi connectivity index (χ1n) is 15.9. The van der Waals surface area contributed by atoms with Crippen LogP contribution >= 0.6 is 0 Å². The quantitative estimate of drug-likeness (QED) is 0.157. The highest BCUT2D eigenvalue weighted by Gasteiger charge is 2.51. The number of allylic oxidation sites excluding steroid dienone is 6. The number of aliphatic carboxylic acids is 1. The van der Waals surface area contributed by atoms with Gasteiger partial charge in [-0.3, -0.25) is 4.79 Å². The lowest BCUT2D eigenvalue weighted by Crippen LogP contribution is -2.61. The average Bonchev–Trinajstić information content (AvgIpc) is 3.72. The molecular formula is C33H47NO13. The Morgan fingerprint density at radius 1 is 0.936 bits per heavy atom. The van der Waals surface area contributed by atoms with Crippen molar-refractivity contribution in [3.8, 4) is 0 Å². The molecule has 14 heteroatoms. The average molecular weight is 666 g/mol. The van der Waals surface area contributed by atoms with Gasteiger partial charge >= 0.3 is 11.9 Å². The van der Waals surface area contributed by atoms with Crippen LogP contribution in [0.2, 0.25) is 0 Å². The minimum atomic E-state index is -2.10. The summed E-state index contributed by atoms with van der Waals surface area (Å²) in [6.45, 7) is 3.34. The number of carboxylic acid groups (broad SMARTS) is 1. The lowest BCUT2D eigenvalue weighted by Gasteiger charge is -2.45. The van der Waals surface area contributed by atoms with Crippen molar-refractivity contribution >= 4 is 11.9 Å². The summed E-state index contributed by atoms with van der Waals surface area (Å²) in [6.07, 6.45) is 5.25. The molecule has 47 heavy (non-hydrogen) atoms. The summed E-state index contributed by atoms with van der Waals surface area (Å²) in [7, 11) is 0. The molecule has 0 aliphatic carbocycles. The Bertz CT molecular complexity index is 1220. The Hall–Kier alpha value is -2.76. The zero-order chi connectivity index (χ0) is 34.3. The minimum Gasteiger partial charge on any atom is -0.481 e. The molecule has 0 saturated carbocycles. The van der Waals surface area contributed by atoms with E-state index in [1.807, 2.05) is 6.08 Å². The van der Waals surface area contributed by atoms with Crippen molar-refractivity contribution < 1.29 is 63.9 Å². The van der Waals surface area contributed by atoms with Crippen LogP contribution in [0, 0.1) is 5.92 Å². The molecule has 0 aromatic carbocycles. The largest absolute Gasteiger partial charge is 0.481 e. The molecule has 14 unspecified atom stereocenters. The summed E-state index contributed by atoms with van der Waals surface area (Å²) in [5.74, 6) is -5.45. The highest BCUT2D eigenvalue weighted by molar-refractivity contribution is 5.82. The molecule has 0 spiro atoms. The van der Waals surface area contributed by atoms with Gasteiger partial charge in [-0.05, 0) is 19.9 Å². The number of hydrogen-bond acceptors (Lipinski definition) is 13. The number of aliphatic hydroxyl groups is 5. The van der Waals surface area contributed by atoms with Crippen molar-refractivity contribution in [2.45, 2.75) is 125 Å². The minimum absolute atomic E-state index is 0.0789. The Kier molecular flexibility index (Phi) is 13.1. The molecule has 4 aliphatic heterocycles. The maximum Gasteiger partial charge on any atom is 0.330 e. The van der Waals surface area contributed by atoms with Gasteiger partial charge in [-0.2, -0.15) is 0 Å². The van der Waals surface area contributed by atoms with Crippen LogP contribution in [0.15, 0.2) is 60.8 Å². The molecule has 8 N–H and O–H groups in total. The third-order valence-corrected chi connectivity index (χ3v) is 8.58. The molecule has 0 aromatic heterocycles. The number of fused-ring (bicyclic) bond motifs is 3. The maximum atomic E-state index is 12.3. The fraction of sp³-hybridized carbons (Fsp3) is 0.636. The van der Waals surface area contributed by atoms with E-state index in [0.29, 0.717) is 6.42 Å². The Morgan fingerprint density at radius 2 is 1.64 bits per heavy atom. The van der Waals surface area contributed by atoms with Crippen molar-refractivity contribution in [1.29, 1.82) is 0 Å². The number of carbonyl (C=O) groups is 2. The third kappa shape index (κ3) is 10.6. The lowest BCUT2D eigenvalue weighted by atomic mass is 9.83. The number of nitrogens with two attached hydrogens (primary N) is 1. The Balaban J connectivity index is 1.58. The molecule has 0 amide bonds. The predicted molar refractivity (Wildman–Crippen MR) is 165 cm³/mol. The fourth-order valence-corrected chi connectivity index (χ4v) is 6.00. The first kappa shape index (κ1) is 37.1. The van der Waals surface area contributed by atoms with E-state index in [0.717, 1.165) is 0 Å². The number of ether oxygens (including phenoxy) is 5.